The van der Waals surface area contributed by atoms with E-state index in [1.807, 2.05) is 45.2 Å². The van der Waals surface area contributed by atoms with Crippen LogP contribution in [0.5, 0.6) is 5.75 Å². The number of rotatable bonds is 6. The number of carbonyl (C=O) groups excluding carboxylic acids is 1. The second kappa shape index (κ2) is 11.5. The molecule has 3 atom stereocenters. The van der Waals surface area contributed by atoms with Gasteiger partial charge in [-0.05, 0) is 49.9 Å². The van der Waals surface area contributed by atoms with Gasteiger partial charge in [0, 0.05) is 31.5 Å². The zero-order chi connectivity index (χ0) is 26.7. The molecule has 1 saturated carbocycles. The molecule has 4 rings (SSSR count). The largest absolute Gasteiger partial charge is 0.487 e. The van der Waals surface area contributed by atoms with Crippen LogP contribution in [0.1, 0.15) is 51.5 Å². The van der Waals surface area contributed by atoms with Gasteiger partial charge in [0.25, 0.3) is 0 Å². The number of hydrogen-bond acceptors (Lipinski definition) is 5. The number of aliphatic hydroxyl groups is 1. The van der Waals surface area contributed by atoms with Crippen LogP contribution in [0.2, 0.25) is 0 Å². The average molecular weight is 529 g/mol. The van der Waals surface area contributed by atoms with Gasteiger partial charge >= 0.3 is 0 Å². The maximum absolute atomic E-state index is 13.7. The summed E-state index contributed by atoms with van der Waals surface area (Å²) in [6.45, 7) is 5.96. The van der Waals surface area contributed by atoms with Gasteiger partial charge in [-0.2, -0.15) is 4.31 Å². The summed E-state index contributed by atoms with van der Waals surface area (Å²) in [5.41, 5.74) is 2.96. The molecule has 2 aliphatic rings. The van der Waals surface area contributed by atoms with Crippen LogP contribution in [-0.4, -0.2) is 67.5 Å². The second-order valence-electron chi connectivity index (χ2n) is 10.8. The summed E-state index contributed by atoms with van der Waals surface area (Å²) >= 11 is 0. The van der Waals surface area contributed by atoms with Gasteiger partial charge in [-0.15, -0.1) is 0 Å². The third-order valence-corrected chi connectivity index (χ3v) is 9.86. The van der Waals surface area contributed by atoms with Crippen LogP contribution in [0.3, 0.4) is 0 Å². The molecule has 1 N–H and O–H groups in total. The van der Waals surface area contributed by atoms with Gasteiger partial charge in [-0.25, -0.2) is 8.42 Å². The van der Waals surface area contributed by atoms with E-state index in [1.165, 1.54) is 10.7 Å². The Morgan fingerprint density at radius 1 is 1.11 bits per heavy atom. The van der Waals surface area contributed by atoms with Crippen molar-refractivity contribution < 1.29 is 23.1 Å². The summed E-state index contributed by atoms with van der Waals surface area (Å²) in [7, 11) is -2.09. The van der Waals surface area contributed by atoms with E-state index < -0.39 is 22.2 Å². The van der Waals surface area contributed by atoms with Crippen LogP contribution >= 0.6 is 0 Å². The number of carbonyl (C=O) groups is 1. The Hall–Kier alpha value is -2.42. The molecule has 0 spiro atoms. The van der Waals surface area contributed by atoms with Crippen LogP contribution in [0.15, 0.2) is 47.4 Å². The van der Waals surface area contributed by atoms with E-state index in [0.29, 0.717) is 6.54 Å². The number of fused-ring (bicyclic) bond motifs is 1. The normalized spacial score (nSPS) is 23.3. The number of sulfonamides is 1. The van der Waals surface area contributed by atoms with Crippen molar-refractivity contribution in [2.45, 2.75) is 69.9 Å². The van der Waals surface area contributed by atoms with Crippen LogP contribution < -0.4 is 4.74 Å². The van der Waals surface area contributed by atoms with E-state index in [0.717, 1.165) is 42.4 Å². The molecule has 202 valence electrons. The molecular formula is C29H40N2O5S. The van der Waals surface area contributed by atoms with Gasteiger partial charge in [-0.1, -0.05) is 62.1 Å². The molecule has 1 amide bonds. The van der Waals surface area contributed by atoms with Crippen molar-refractivity contribution in [2.24, 2.45) is 11.8 Å². The summed E-state index contributed by atoms with van der Waals surface area (Å²) in [5, 5.41) is 9.87. The Bertz CT molecular complexity index is 1190. The van der Waals surface area contributed by atoms with Crippen molar-refractivity contribution in [3.63, 3.8) is 0 Å². The van der Waals surface area contributed by atoms with Gasteiger partial charge in [-0.3, -0.25) is 4.79 Å². The molecule has 2 aromatic rings. The van der Waals surface area contributed by atoms with E-state index in [1.54, 1.807) is 30.0 Å². The number of hydrogen-bond donors (Lipinski definition) is 1. The molecule has 0 radical (unpaired) electrons. The highest BCUT2D eigenvalue weighted by Crippen LogP contribution is 2.37. The molecule has 0 unspecified atom stereocenters. The van der Waals surface area contributed by atoms with Crippen molar-refractivity contribution in [2.75, 3.05) is 26.7 Å². The van der Waals surface area contributed by atoms with Gasteiger partial charge in [0.15, 0.2) is 0 Å². The average Bonchev–Trinajstić information content (AvgIpc) is 2.90. The predicted molar refractivity (Wildman–Crippen MR) is 145 cm³/mol. The second-order valence-corrected chi connectivity index (χ2v) is 12.7. The zero-order valence-electron chi connectivity index (χ0n) is 22.4. The van der Waals surface area contributed by atoms with Crippen molar-refractivity contribution >= 4 is 15.9 Å². The standard InChI is InChI=1S/C29H40N2O5S/c1-20-10-12-23(13-11-20)25-14-15-28-26(16-25)36-27(18-30(4)29(33)24-8-6-5-7-9-24)21(2)17-31(22(3)19-32)37(28,34)35/h10-16,21-22,24,27,32H,5-9,17-19H2,1-4H3/t21-,22+,27-/m0/s1. The van der Waals surface area contributed by atoms with E-state index >= 15 is 0 Å². The highest BCUT2D eigenvalue weighted by molar-refractivity contribution is 7.89. The van der Waals surface area contributed by atoms with Crippen LogP contribution in [0.4, 0.5) is 0 Å². The predicted octanol–water partition coefficient (Wildman–Crippen LogP) is 4.47. The maximum atomic E-state index is 13.7. The lowest BCUT2D eigenvalue weighted by atomic mass is 9.88. The van der Waals surface area contributed by atoms with E-state index in [-0.39, 0.29) is 41.5 Å². The van der Waals surface area contributed by atoms with Gasteiger partial charge < -0.3 is 14.7 Å². The number of aryl methyl sites for hydroxylation is 1. The fourth-order valence-corrected chi connectivity index (χ4v) is 7.22. The number of benzene rings is 2. The van der Waals surface area contributed by atoms with Crippen molar-refractivity contribution in [1.82, 2.24) is 9.21 Å². The maximum Gasteiger partial charge on any atom is 0.247 e. The minimum atomic E-state index is -3.91. The molecule has 1 heterocycles. The Morgan fingerprint density at radius 2 is 1.76 bits per heavy atom. The smallest absolute Gasteiger partial charge is 0.247 e. The van der Waals surface area contributed by atoms with E-state index in [4.69, 9.17) is 4.74 Å². The fraction of sp³-hybridized carbons (Fsp3) is 0.552. The Kier molecular flexibility index (Phi) is 8.61. The van der Waals surface area contributed by atoms with Crippen LogP contribution in [-0.2, 0) is 14.8 Å². The first-order chi connectivity index (χ1) is 17.6. The molecule has 37 heavy (non-hydrogen) atoms. The van der Waals surface area contributed by atoms with Gasteiger partial charge in [0.1, 0.15) is 16.7 Å². The number of likely N-dealkylation sites (N-methyl/N-ethyl adjacent to an activating group) is 1. The lowest BCUT2D eigenvalue weighted by Crippen LogP contribution is -2.50. The molecule has 8 heteroatoms. The monoisotopic (exact) mass is 528 g/mol. The Balaban J connectivity index is 1.71. The number of aliphatic hydroxyl groups excluding tert-OH is 1. The molecule has 7 nitrogen and oxygen atoms in total. The van der Waals surface area contributed by atoms with Gasteiger partial charge in [0.05, 0.1) is 13.2 Å². The summed E-state index contributed by atoms with van der Waals surface area (Å²) in [6.07, 6.45) is 4.79. The first-order valence-electron chi connectivity index (χ1n) is 13.4. The van der Waals surface area contributed by atoms with Gasteiger partial charge in [0.2, 0.25) is 15.9 Å². The van der Waals surface area contributed by atoms with Crippen molar-refractivity contribution in [1.29, 1.82) is 0 Å². The summed E-state index contributed by atoms with van der Waals surface area (Å²) in [6, 6.07) is 12.6. The minimum absolute atomic E-state index is 0.0503. The summed E-state index contributed by atoms with van der Waals surface area (Å²) in [4.78, 5) is 15.0. The molecule has 1 fully saturated rings. The van der Waals surface area contributed by atoms with E-state index in [9.17, 15) is 18.3 Å². The Morgan fingerprint density at radius 3 is 2.41 bits per heavy atom. The van der Waals surface area contributed by atoms with Crippen molar-refractivity contribution in [3.8, 4) is 16.9 Å². The molecule has 0 aromatic heterocycles. The molecule has 1 aliphatic carbocycles. The topological polar surface area (TPSA) is 87.2 Å². The minimum Gasteiger partial charge on any atom is -0.487 e. The van der Waals surface area contributed by atoms with Crippen LogP contribution in [0, 0.1) is 18.8 Å². The number of amides is 1. The van der Waals surface area contributed by atoms with E-state index in [2.05, 4.69) is 0 Å². The molecule has 2 aromatic carbocycles. The first-order valence-corrected chi connectivity index (χ1v) is 14.8. The summed E-state index contributed by atoms with van der Waals surface area (Å²) < 4.78 is 35.3. The number of nitrogens with zero attached hydrogens (tertiary/aromatic N) is 2. The quantitative estimate of drug-likeness (QED) is 0.598. The van der Waals surface area contributed by atoms with Crippen LogP contribution in [0.25, 0.3) is 11.1 Å². The highest BCUT2D eigenvalue weighted by atomic mass is 32.2. The lowest BCUT2D eigenvalue weighted by molar-refractivity contribution is -0.136. The Labute approximate surface area is 221 Å². The third kappa shape index (κ3) is 6.02. The molecular weight excluding hydrogens is 488 g/mol. The van der Waals surface area contributed by atoms with Crippen molar-refractivity contribution in [3.05, 3.63) is 48.0 Å². The molecule has 0 bridgehead atoms. The molecule has 0 saturated heterocycles. The third-order valence-electron chi connectivity index (χ3n) is 7.84. The zero-order valence-corrected chi connectivity index (χ0v) is 23.2. The fourth-order valence-electron chi connectivity index (χ4n) is 5.39. The first kappa shape index (κ1) is 27.6. The lowest BCUT2D eigenvalue weighted by Gasteiger charge is -2.38. The SMILES string of the molecule is Cc1ccc(-c2ccc3c(c2)O[C@@H](CN(C)C(=O)C2CCCCC2)[C@@H](C)CN([C@H](C)CO)S3(=O)=O)cc1. The molecule has 1 aliphatic heterocycles. The number of ether oxygens (including phenoxy) is 1. The summed E-state index contributed by atoms with van der Waals surface area (Å²) in [5.74, 6) is 0.263. The highest BCUT2D eigenvalue weighted by Gasteiger charge is 2.39.